The van der Waals surface area contributed by atoms with Crippen molar-refractivity contribution in [3.63, 3.8) is 0 Å². The second-order valence-electron chi connectivity index (χ2n) is 4.30. The molecule has 0 amide bonds. The summed E-state index contributed by atoms with van der Waals surface area (Å²) in [4.78, 5) is 0. The van der Waals surface area contributed by atoms with Gasteiger partial charge in [0.25, 0.3) is 0 Å². The van der Waals surface area contributed by atoms with Crippen LogP contribution in [0.2, 0.25) is 0 Å². The highest BCUT2D eigenvalue weighted by Gasteiger charge is 2.04. The molecule has 1 nitrogen and oxygen atoms in total. The van der Waals surface area contributed by atoms with Crippen molar-refractivity contribution in [1.82, 2.24) is 5.32 Å². The van der Waals surface area contributed by atoms with E-state index in [0.29, 0.717) is 6.04 Å². The molecule has 0 aliphatic rings. The van der Waals surface area contributed by atoms with Crippen LogP contribution >= 0.6 is 15.9 Å². The zero-order chi connectivity index (χ0) is 11.8. The van der Waals surface area contributed by atoms with Crippen LogP contribution in [0.1, 0.15) is 38.2 Å². The van der Waals surface area contributed by atoms with Crippen LogP contribution in [0.25, 0.3) is 0 Å². The van der Waals surface area contributed by atoms with E-state index < -0.39 is 0 Å². The second kappa shape index (κ2) is 7.86. The minimum absolute atomic E-state index is 0.692. The number of halogens is 1. The average Bonchev–Trinajstić information content (AvgIpc) is 2.28. The first-order chi connectivity index (χ1) is 7.76. The third kappa shape index (κ3) is 5.13. The Labute approximate surface area is 108 Å². The highest BCUT2D eigenvalue weighted by Crippen LogP contribution is 2.14. The Bertz CT molecular complexity index is 299. The maximum absolute atomic E-state index is 3.51. The fourth-order valence-corrected chi connectivity index (χ4v) is 2.47. The van der Waals surface area contributed by atoms with E-state index >= 15 is 0 Å². The first kappa shape index (κ1) is 13.7. The van der Waals surface area contributed by atoms with Crippen LogP contribution in [-0.2, 0) is 6.42 Å². The Kier molecular flexibility index (Phi) is 6.74. The lowest BCUT2D eigenvalue weighted by Gasteiger charge is -2.14. The fourth-order valence-electron chi connectivity index (χ4n) is 2.03. The molecule has 0 spiro atoms. The lowest BCUT2D eigenvalue weighted by molar-refractivity contribution is 0.470. The summed E-state index contributed by atoms with van der Waals surface area (Å²) < 4.78 is 1.18. The van der Waals surface area contributed by atoms with Gasteiger partial charge >= 0.3 is 0 Å². The van der Waals surface area contributed by atoms with Crippen molar-refractivity contribution in [3.05, 3.63) is 34.3 Å². The highest BCUT2D eigenvalue weighted by atomic mass is 79.9. The van der Waals surface area contributed by atoms with Gasteiger partial charge in [-0.25, -0.2) is 0 Å². The molecule has 90 valence electrons. The Morgan fingerprint density at radius 1 is 1.31 bits per heavy atom. The summed E-state index contributed by atoms with van der Waals surface area (Å²) in [5.74, 6) is 0. The van der Waals surface area contributed by atoms with Crippen molar-refractivity contribution in [2.45, 2.75) is 45.1 Å². The van der Waals surface area contributed by atoms with Crippen LogP contribution in [0.4, 0.5) is 0 Å². The van der Waals surface area contributed by atoms with Crippen molar-refractivity contribution >= 4 is 15.9 Å². The van der Waals surface area contributed by atoms with Gasteiger partial charge in [-0.2, -0.15) is 0 Å². The van der Waals surface area contributed by atoms with Gasteiger partial charge in [-0.05, 0) is 50.4 Å². The van der Waals surface area contributed by atoms with Gasteiger partial charge in [-0.15, -0.1) is 0 Å². The predicted octanol–water partition coefficient (Wildman–Crippen LogP) is 4.16. The van der Waals surface area contributed by atoms with Gasteiger partial charge in [0.2, 0.25) is 0 Å². The van der Waals surface area contributed by atoms with E-state index in [0.717, 1.165) is 0 Å². The van der Waals surface area contributed by atoms with Crippen LogP contribution in [0, 0.1) is 0 Å². The Balaban J connectivity index is 2.29. The van der Waals surface area contributed by atoms with Crippen molar-refractivity contribution in [2.75, 3.05) is 7.05 Å². The molecule has 0 aliphatic carbocycles. The third-order valence-electron chi connectivity index (χ3n) is 2.95. The molecule has 1 aromatic rings. The third-order valence-corrected chi connectivity index (χ3v) is 3.45. The second-order valence-corrected chi connectivity index (χ2v) is 5.21. The van der Waals surface area contributed by atoms with Crippen LogP contribution < -0.4 is 5.32 Å². The summed E-state index contributed by atoms with van der Waals surface area (Å²) >= 11 is 3.51. The lowest BCUT2D eigenvalue weighted by atomic mass is 10.0. The molecule has 0 heterocycles. The van der Waals surface area contributed by atoms with Crippen molar-refractivity contribution in [1.29, 1.82) is 0 Å². The largest absolute Gasteiger partial charge is 0.317 e. The van der Waals surface area contributed by atoms with Gasteiger partial charge < -0.3 is 5.32 Å². The Hall–Kier alpha value is -0.340. The molecular weight excluding hydrogens is 262 g/mol. The molecule has 1 rings (SSSR count). The molecule has 0 aliphatic heterocycles. The van der Waals surface area contributed by atoms with Gasteiger partial charge in [0.05, 0.1) is 0 Å². The van der Waals surface area contributed by atoms with E-state index in [1.165, 1.54) is 42.1 Å². The number of rotatable bonds is 7. The quantitative estimate of drug-likeness (QED) is 0.792. The number of nitrogens with one attached hydrogen (secondary N) is 1. The maximum atomic E-state index is 3.51. The smallest absolute Gasteiger partial charge is 0.0177 e. The van der Waals surface area contributed by atoms with Gasteiger partial charge in [0, 0.05) is 10.5 Å². The number of aryl methyl sites for hydroxylation is 1. The van der Waals surface area contributed by atoms with Crippen LogP contribution in [0.15, 0.2) is 28.7 Å². The Morgan fingerprint density at radius 3 is 2.75 bits per heavy atom. The fraction of sp³-hybridized carbons (Fsp3) is 0.571. The molecule has 0 saturated carbocycles. The normalized spacial score (nSPS) is 12.7. The number of hydrogen-bond donors (Lipinski definition) is 1. The summed E-state index contributed by atoms with van der Waals surface area (Å²) in [5, 5.41) is 3.39. The van der Waals surface area contributed by atoms with Gasteiger partial charge in [0.15, 0.2) is 0 Å². The van der Waals surface area contributed by atoms with Crippen molar-refractivity contribution < 1.29 is 0 Å². The van der Waals surface area contributed by atoms with E-state index in [1.807, 2.05) is 0 Å². The molecule has 0 saturated heterocycles. The van der Waals surface area contributed by atoms with E-state index in [2.05, 4.69) is 59.5 Å². The van der Waals surface area contributed by atoms with E-state index in [9.17, 15) is 0 Å². The van der Waals surface area contributed by atoms with Gasteiger partial charge in [-0.1, -0.05) is 41.4 Å². The standard InChI is InChI=1S/C14H22BrN/c1-3-6-14(16-2)10-5-8-12-7-4-9-13(15)11-12/h4,7,9,11,14,16H,3,5-6,8,10H2,1-2H3. The molecule has 1 N–H and O–H groups in total. The lowest BCUT2D eigenvalue weighted by Crippen LogP contribution is -2.24. The summed E-state index contributed by atoms with van der Waals surface area (Å²) in [6.45, 7) is 2.25. The highest BCUT2D eigenvalue weighted by molar-refractivity contribution is 9.10. The van der Waals surface area contributed by atoms with Crippen LogP contribution in [-0.4, -0.2) is 13.1 Å². The average molecular weight is 284 g/mol. The van der Waals surface area contributed by atoms with Crippen molar-refractivity contribution in [3.8, 4) is 0 Å². The molecule has 0 bridgehead atoms. The molecule has 1 atom stereocenters. The predicted molar refractivity (Wildman–Crippen MR) is 74.8 cm³/mol. The number of hydrogen-bond acceptors (Lipinski definition) is 1. The van der Waals surface area contributed by atoms with Crippen LogP contribution in [0.5, 0.6) is 0 Å². The van der Waals surface area contributed by atoms with Gasteiger partial charge in [0.1, 0.15) is 0 Å². The van der Waals surface area contributed by atoms with Crippen LogP contribution in [0.3, 0.4) is 0 Å². The molecule has 0 fully saturated rings. The minimum Gasteiger partial charge on any atom is -0.317 e. The summed E-state index contributed by atoms with van der Waals surface area (Å²) in [5.41, 5.74) is 1.43. The maximum Gasteiger partial charge on any atom is 0.0177 e. The molecule has 0 radical (unpaired) electrons. The first-order valence-corrected chi connectivity index (χ1v) is 6.97. The Morgan fingerprint density at radius 2 is 2.12 bits per heavy atom. The molecule has 1 aromatic carbocycles. The number of benzene rings is 1. The van der Waals surface area contributed by atoms with E-state index in [-0.39, 0.29) is 0 Å². The summed E-state index contributed by atoms with van der Waals surface area (Å²) in [6, 6.07) is 9.31. The topological polar surface area (TPSA) is 12.0 Å². The molecular formula is C14H22BrN. The van der Waals surface area contributed by atoms with Gasteiger partial charge in [-0.3, -0.25) is 0 Å². The van der Waals surface area contributed by atoms with E-state index in [1.54, 1.807) is 0 Å². The zero-order valence-electron chi connectivity index (χ0n) is 10.3. The molecule has 16 heavy (non-hydrogen) atoms. The SMILES string of the molecule is CCCC(CCCc1cccc(Br)c1)NC. The van der Waals surface area contributed by atoms with E-state index in [4.69, 9.17) is 0 Å². The summed E-state index contributed by atoms with van der Waals surface area (Å²) in [6.07, 6.45) is 6.28. The van der Waals surface area contributed by atoms with Crippen molar-refractivity contribution in [2.24, 2.45) is 0 Å². The molecule has 1 unspecified atom stereocenters. The zero-order valence-corrected chi connectivity index (χ0v) is 11.9. The first-order valence-electron chi connectivity index (χ1n) is 6.18. The molecule has 2 heteroatoms. The summed E-state index contributed by atoms with van der Waals surface area (Å²) in [7, 11) is 2.07. The molecule has 0 aromatic heterocycles. The monoisotopic (exact) mass is 283 g/mol. The minimum atomic E-state index is 0.692.